The standard InChI is InChI=1S/C27H33NO5/c1-6-7-8-15-28-24(19-11-9-18(10-12-19)17(2)3)23(26(30)27(28)31)25(29)21-14-13-20(32-4)16-22(21)33-5/h9-14,16-17,24,29H,6-8,15H2,1-5H3/b25-23-. The zero-order valence-corrected chi connectivity index (χ0v) is 20.1. The molecule has 0 bridgehead atoms. The van der Waals surface area contributed by atoms with E-state index in [0.717, 1.165) is 24.8 Å². The number of amides is 1. The normalized spacial score (nSPS) is 17.6. The van der Waals surface area contributed by atoms with E-state index in [1.54, 1.807) is 23.1 Å². The first kappa shape index (κ1) is 24.4. The number of carbonyl (C=O) groups is 2. The van der Waals surface area contributed by atoms with E-state index in [1.165, 1.54) is 19.8 Å². The number of aliphatic hydroxyl groups is 1. The lowest BCUT2D eigenvalue weighted by molar-refractivity contribution is -0.139. The van der Waals surface area contributed by atoms with Crippen LogP contribution in [0.4, 0.5) is 0 Å². The molecule has 1 heterocycles. The number of methoxy groups -OCH3 is 2. The first-order chi connectivity index (χ1) is 15.8. The summed E-state index contributed by atoms with van der Waals surface area (Å²) in [6, 6.07) is 12.2. The lowest BCUT2D eigenvalue weighted by Crippen LogP contribution is -2.30. The summed E-state index contributed by atoms with van der Waals surface area (Å²) >= 11 is 0. The van der Waals surface area contributed by atoms with E-state index in [2.05, 4.69) is 20.8 Å². The molecule has 0 radical (unpaired) electrons. The quantitative estimate of drug-likeness (QED) is 0.238. The summed E-state index contributed by atoms with van der Waals surface area (Å²) in [6.07, 6.45) is 2.74. The van der Waals surface area contributed by atoms with Gasteiger partial charge in [0, 0.05) is 12.6 Å². The first-order valence-electron chi connectivity index (χ1n) is 11.4. The van der Waals surface area contributed by atoms with Crippen molar-refractivity contribution in [1.82, 2.24) is 4.90 Å². The van der Waals surface area contributed by atoms with Crippen LogP contribution in [-0.4, -0.2) is 42.5 Å². The highest BCUT2D eigenvalue weighted by atomic mass is 16.5. The predicted molar refractivity (Wildman–Crippen MR) is 129 cm³/mol. The minimum Gasteiger partial charge on any atom is -0.507 e. The molecule has 1 aliphatic heterocycles. The van der Waals surface area contributed by atoms with Crippen molar-refractivity contribution in [3.05, 3.63) is 64.7 Å². The van der Waals surface area contributed by atoms with Crippen molar-refractivity contribution in [3.63, 3.8) is 0 Å². The second kappa shape index (κ2) is 10.6. The second-order valence-electron chi connectivity index (χ2n) is 8.59. The maximum Gasteiger partial charge on any atom is 0.295 e. The van der Waals surface area contributed by atoms with Gasteiger partial charge < -0.3 is 19.5 Å². The fourth-order valence-corrected chi connectivity index (χ4v) is 4.19. The fraction of sp³-hybridized carbons (Fsp3) is 0.407. The number of unbranched alkanes of at least 4 members (excludes halogenated alkanes) is 2. The van der Waals surface area contributed by atoms with Crippen LogP contribution < -0.4 is 9.47 Å². The van der Waals surface area contributed by atoms with Crippen LogP contribution in [0.15, 0.2) is 48.0 Å². The molecule has 1 aliphatic rings. The van der Waals surface area contributed by atoms with Gasteiger partial charge >= 0.3 is 0 Å². The van der Waals surface area contributed by atoms with Gasteiger partial charge in [-0.1, -0.05) is 57.9 Å². The number of carbonyl (C=O) groups excluding carboxylic acids is 2. The number of benzene rings is 2. The van der Waals surface area contributed by atoms with E-state index >= 15 is 0 Å². The molecule has 1 atom stereocenters. The first-order valence-corrected chi connectivity index (χ1v) is 11.4. The third kappa shape index (κ3) is 4.90. The summed E-state index contributed by atoms with van der Waals surface area (Å²) in [5.74, 6) is -0.234. The Labute approximate surface area is 195 Å². The van der Waals surface area contributed by atoms with Crippen molar-refractivity contribution in [3.8, 4) is 11.5 Å². The number of nitrogens with zero attached hydrogens (tertiary/aromatic N) is 1. The maximum absolute atomic E-state index is 13.2. The van der Waals surface area contributed by atoms with Crippen molar-refractivity contribution >= 4 is 17.4 Å². The van der Waals surface area contributed by atoms with Gasteiger partial charge in [0.15, 0.2) is 0 Å². The topological polar surface area (TPSA) is 76.1 Å². The molecule has 1 saturated heterocycles. The zero-order valence-electron chi connectivity index (χ0n) is 20.1. The Hall–Kier alpha value is -3.28. The smallest absolute Gasteiger partial charge is 0.295 e. The van der Waals surface area contributed by atoms with Crippen LogP contribution in [0.25, 0.3) is 5.76 Å². The van der Waals surface area contributed by atoms with E-state index in [-0.39, 0.29) is 11.3 Å². The Balaban J connectivity index is 2.16. The molecule has 6 heteroatoms. The van der Waals surface area contributed by atoms with Crippen LogP contribution in [0.2, 0.25) is 0 Å². The number of hydrogen-bond acceptors (Lipinski definition) is 5. The predicted octanol–water partition coefficient (Wildman–Crippen LogP) is 5.44. The number of ketones is 1. The van der Waals surface area contributed by atoms with Crippen LogP contribution >= 0.6 is 0 Å². The number of likely N-dealkylation sites (tertiary alicyclic amines) is 1. The average molecular weight is 452 g/mol. The van der Waals surface area contributed by atoms with Crippen LogP contribution in [0.3, 0.4) is 0 Å². The fourth-order valence-electron chi connectivity index (χ4n) is 4.19. The van der Waals surface area contributed by atoms with Gasteiger partial charge in [-0.2, -0.15) is 0 Å². The molecular formula is C27H33NO5. The lowest BCUT2D eigenvalue weighted by Gasteiger charge is -2.26. The van der Waals surface area contributed by atoms with Crippen molar-refractivity contribution in [2.45, 2.75) is 52.0 Å². The van der Waals surface area contributed by atoms with Crippen molar-refractivity contribution in [2.75, 3.05) is 20.8 Å². The van der Waals surface area contributed by atoms with E-state index in [4.69, 9.17) is 9.47 Å². The maximum atomic E-state index is 13.2. The number of rotatable bonds is 9. The lowest BCUT2D eigenvalue weighted by atomic mass is 9.93. The van der Waals surface area contributed by atoms with E-state index in [1.807, 2.05) is 24.3 Å². The zero-order chi connectivity index (χ0) is 24.1. The summed E-state index contributed by atoms with van der Waals surface area (Å²) in [6.45, 7) is 6.77. The number of aliphatic hydroxyl groups excluding tert-OH is 1. The largest absolute Gasteiger partial charge is 0.507 e. The van der Waals surface area contributed by atoms with Gasteiger partial charge in [0.2, 0.25) is 0 Å². The molecule has 1 unspecified atom stereocenters. The summed E-state index contributed by atoms with van der Waals surface area (Å²) in [5.41, 5.74) is 2.38. The molecule has 0 saturated carbocycles. The Morgan fingerprint density at radius 3 is 2.30 bits per heavy atom. The molecule has 1 fully saturated rings. The molecule has 6 nitrogen and oxygen atoms in total. The highest BCUT2D eigenvalue weighted by Crippen LogP contribution is 2.41. The van der Waals surface area contributed by atoms with E-state index < -0.39 is 17.7 Å². The molecule has 2 aromatic rings. The van der Waals surface area contributed by atoms with Crippen LogP contribution in [0, 0.1) is 0 Å². The van der Waals surface area contributed by atoms with Gasteiger partial charge in [-0.05, 0) is 35.6 Å². The SMILES string of the molecule is CCCCCN1C(=O)C(=O)/C(=C(\O)c2ccc(OC)cc2OC)C1c1ccc(C(C)C)cc1. The molecular weight excluding hydrogens is 418 g/mol. The molecule has 0 aliphatic carbocycles. The van der Waals surface area contributed by atoms with Gasteiger partial charge in [-0.15, -0.1) is 0 Å². The summed E-state index contributed by atoms with van der Waals surface area (Å²) < 4.78 is 10.7. The van der Waals surface area contributed by atoms with Crippen LogP contribution in [0.1, 0.15) is 68.7 Å². The van der Waals surface area contributed by atoms with Gasteiger partial charge in [0.25, 0.3) is 11.7 Å². The van der Waals surface area contributed by atoms with E-state index in [9.17, 15) is 14.7 Å². The molecule has 0 spiro atoms. The molecule has 0 aromatic heterocycles. The monoisotopic (exact) mass is 451 g/mol. The number of ether oxygens (including phenoxy) is 2. The van der Waals surface area contributed by atoms with E-state index in [0.29, 0.717) is 29.5 Å². The van der Waals surface area contributed by atoms with Crippen molar-refractivity contribution < 1.29 is 24.2 Å². The highest BCUT2D eigenvalue weighted by Gasteiger charge is 2.46. The van der Waals surface area contributed by atoms with Gasteiger partial charge in [-0.25, -0.2) is 0 Å². The summed E-state index contributed by atoms with van der Waals surface area (Å²) in [7, 11) is 3.02. The number of hydrogen-bond donors (Lipinski definition) is 1. The minimum atomic E-state index is -0.681. The molecule has 2 aromatic carbocycles. The summed E-state index contributed by atoms with van der Waals surface area (Å²) in [4.78, 5) is 27.8. The van der Waals surface area contributed by atoms with Crippen molar-refractivity contribution in [2.24, 2.45) is 0 Å². The van der Waals surface area contributed by atoms with Gasteiger partial charge in [0.1, 0.15) is 17.3 Å². The number of Topliss-reactive ketones (excluding diaryl/α,β-unsaturated/α-hetero) is 1. The van der Waals surface area contributed by atoms with Crippen LogP contribution in [-0.2, 0) is 9.59 Å². The second-order valence-corrected chi connectivity index (χ2v) is 8.59. The van der Waals surface area contributed by atoms with Gasteiger partial charge in [0.05, 0.1) is 31.4 Å². The van der Waals surface area contributed by atoms with Gasteiger partial charge in [-0.3, -0.25) is 9.59 Å². The average Bonchev–Trinajstić information content (AvgIpc) is 3.08. The molecule has 1 N–H and O–H groups in total. The molecule has 176 valence electrons. The Kier molecular flexibility index (Phi) is 7.79. The minimum absolute atomic E-state index is 0.0808. The molecule has 1 amide bonds. The van der Waals surface area contributed by atoms with Crippen molar-refractivity contribution in [1.29, 1.82) is 0 Å². The summed E-state index contributed by atoms with van der Waals surface area (Å²) in [5, 5.41) is 11.3. The molecule has 33 heavy (non-hydrogen) atoms. The Bertz CT molecular complexity index is 1040. The Morgan fingerprint density at radius 1 is 1.03 bits per heavy atom. The third-order valence-electron chi connectivity index (χ3n) is 6.13. The van der Waals surface area contributed by atoms with Crippen LogP contribution in [0.5, 0.6) is 11.5 Å². The molecule has 3 rings (SSSR count). The Morgan fingerprint density at radius 2 is 1.73 bits per heavy atom. The highest BCUT2D eigenvalue weighted by molar-refractivity contribution is 6.46. The third-order valence-corrected chi connectivity index (χ3v) is 6.13.